The minimum atomic E-state index is -0.480. The van der Waals surface area contributed by atoms with Crippen molar-refractivity contribution in [3.8, 4) is 17.9 Å². The van der Waals surface area contributed by atoms with Crippen LogP contribution in [-0.4, -0.2) is 18.1 Å². The molecule has 0 amide bonds. The van der Waals surface area contributed by atoms with E-state index in [4.69, 9.17) is 5.26 Å². The number of aromatic nitrogens is 1. The summed E-state index contributed by atoms with van der Waals surface area (Å²) >= 11 is 0. The van der Waals surface area contributed by atoms with E-state index in [0.717, 1.165) is 0 Å². The van der Waals surface area contributed by atoms with E-state index >= 15 is 0 Å². The normalized spacial score (nSPS) is 8.27. The van der Waals surface area contributed by atoms with Crippen molar-refractivity contribution in [2.75, 3.05) is 7.11 Å². The maximum absolute atomic E-state index is 11.0. The first-order chi connectivity index (χ1) is 7.27. The Morgan fingerprint density at radius 2 is 2.40 bits per heavy atom. The smallest absolute Gasteiger partial charge is 0.356 e. The van der Waals surface area contributed by atoms with Crippen molar-refractivity contribution in [1.82, 2.24) is 4.98 Å². The van der Waals surface area contributed by atoms with Gasteiger partial charge in [0.2, 0.25) is 0 Å². The number of carbonyl (C=O) groups excluding carboxylic acids is 1. The first kappa shape index (κ1) is 10.7. The summed E-state index contributed by atoms with van der Waals surface area (Å²) in [7, 11) is 1.30. The van der Waals surface area contributed by atoms with Gasteiger partial charge in [0.25, 0.3) is 0 Å². The Bertz CT molecular complexity index is 446. The summed E-state index contributed by atoms with van der Waals surface area (Å²) in [5, 5.41) is 8.26. The molecule has 0 radical (unpaired) electrons. The van der Waals surface area contributed by atoms with Crippen LogP contribution in [-0.2, 0) is 4.74 Å². The van der Waals surface area contributed by atoms with Gasteiger partial charge in [0.05, 0.1) is 19.6 Å². The molecule has 0 bridgehead atoms. The molecular weight excluding hydrogens is 192 g/mol. The van der Waals surface area contributed by atoms with Crippen molar-refractivity contribution in [2.45, 2.75) is 6.42 Å². The van der Waals surface area contributed by atoms with E-state index in [9.17, 15) is 4.79 Å². The van der Waals surface area contributed by atoms with E-state index < -0.39 is 5.97 Å². The van der Waals surface area contributed by atoms with E-state index in [2.05, 4.69) is 21.6 Å². The molecule has 15 heavy (non-hydrogen) atoms. The van der Waals surface area contributed by atoms with E-state index in [0.29, 0.717) is 5.56 Å². The minimum Gasteiger partial charge on any atom is -0.464 e. The third-order valence-electron chi connectivity index (χ3n) is 1.56. The predicted molar refractivity (Wildman–Crippen MR) is 52.7 cm³/mol. The molecule has 1 aromatic rings. The zero-order valence-corrected chi connectivity index (χ0v) is 8.15. The van der Waals surface area contributed by atoms with E-state index in [1.54, 1.807) is 6.07 Å². The molecule has 0 saturated carbocycles. The van der Waals surface area contributed by atoms with Gasteiger partial charge in [-0.2, -0.15) is 5.26 Å². The highest BCUT2D eigenvalue weighted by atomic mass is 16.5. The third kappa shape index (κ3) is 3.13. The summed E-state index contributed by atoms with van der Waals surface area (Å²) in [5.74, 6) is 4.91. The van der Waals surface area contributed by atoms with E-state index in [1.165, 1.54) is 19.4 Å². The molecule has 0 aliphatic rings. The first-order valence-electron chi connectivity index (χ1n) is 4.18. The van der Waals surface area contributed by atoms with Crippen LogP contribution in [0.15, 0.2) is 18.3 Å². The number of methoxy groups -OCH3 is 1. The maximum Gasteiger partial charge on any atom is 0.356 e. The topological polar surface area (TPSA) is 63.0 Å². The summed E-state index contributed by atoms with van der Waals surface area (Å²) in [6, 6.07) is 5.09. The summed E-state index contributed by atoms with van der Waals surface area (Å²) in [6.07, 6.45) is 1.65. The molecule has 0 aliphatic heterocycles. The molecule has 0 aromatic carbocycles. The van der Waals surface area contributed by atoms with Crippen LogP contribution in [0, 0.1) is 23.2 Å². The Morgan fingerprint density at radius 3 is 2.93 bits per heavy atom. The van der Waals surface area contributed by atoms with E-state index in [1.807, 2.05) is 6.07 Å². The number of carbonyl (C=O) groups is 1. The van der Waals surface area contributed by atoms with Crippen LogP contribution in [0.25, 0.3) is 0 Å². The van der Waals surface area contributed by atoms with Gasteiger partial charge in [-0.3, -0.25) is 0 Å². The van der Waals surface area contributed by atoms with Crippen LogP contribution in [0.5, 0.6) is 0 Å². The molecule has 0 fully saturated rings. The van der Waals surface area contributed by atoms with Gasteiger partial charge in [-0.15, -0.1) is 0 Å². The van der Waals surface area contributed by atoms with Crippen LogP contribution in [0.3, 0.4) is 0 Å². The molecular formula is C11H8N2O2. The summed E-state index contributed by atoms with van der Waals surface area (Å²) in [4.78, 5) is 14.9. The summed E-state index contributed by atoms with van der Waals surface area (Å²) in [5.41, 5.74) is 0.904. The minimum absolute atomic E-state index is 0.179. The average molecular weight is 200 g/mol. The highest BCUT2D eigenvalue weighted by Gasteiger charge is 2.04. The zero-order chi connectivity index (χ0) is 11.1. The van der Waals surface area contributed by atoms with Crippen molar-refractivity contribution in [1.29, 1.82) is 5.26 Å². The Morgan fingerprint density at radius 1 is 1.60 bits per heavy atom. The standard InChI is InChI=1S/C11H8N2O2/c1-15-11(14)10-6-5-9(8-13-10)4-2-3-7-12/h5-6,8H,3H2,1H3. The fraction of sp³-hybridized carbons (Fsp3) is 0.182. The molecule has 0 unspecified atom stereocenters. The van der Waals surface area contributed by atoms with Crippen LogP contribution in [0.4, 0.5) is 0 Å². The first-order valence-corrected chi connectivity index (χ1v) is 4.18. The molecule has 1 rings (SSSR count). The van der Waals surface area contributed by atoms with Gasteiger partial charge >= 0.3 is 5.97 Å². The second-order valence-corrected chi connectivity index (χ2v) is 2.56. The van der Waals surface area contributed by atoms with Crippen molar-refractivity contribution in [3.63, 3.8) is 0 Å². The maximum atomic E-state index is 11.0. The van der Waals surface area contributed by atoms with Gasteiger partial charge in [-0.05, 0) is 12.1 Å². The molecule has 0 spiro atoms. The highest BCUT2D eigenvalue weighted by molar-refractivity contribution is 5.87. The number of hydrogen-bond acceptors (Lipinski definition) is 4. The number of ether oxygens (including phenoxy) is 1. The molecule has 0 atom stereocenters. The zero-order valence-electron chi connectivity index (χ0n) is 8.15. The lowest BCUT2D eigenvalue weighted by Crippen LogP contribution is -2.03. The Balaban J connectivity index is 2.79. The molecule has 1 heterocycles. The van der Waals surface area contributed by atoms with Crippen molar-refractivity contribution in [2.24, 2.45) is 0 Å². The van der Waals surface area contributed by atoms with Crippen molar-refractivity contribution < 1.29 is 9.53 Å². The molecule has 4 nitrogen and oxygen atoms in total. The van der Waals surface area contributed by atoms with Crippen LogP contribution >= 0.6 is 0 Å². The van der Waals surface area contributed by atoms with Crippen molar-refractivity contribution >= 4 is 5.97 Å². The monoisotopic (exact) mass is 200 g/mol. The molecule has 0 N–H and O–H groups in total. The van der Waals surface area contributed by atoms with Gasteiger partial charge in [-0.25, -0.2) is 9.78 Å². The lowest BCUT2D eigenvalue weighted by Gasteiger charge is -1.96. The Labute approximate surface area is 87.5 Å². The molecule has 0 aliphatic carbocycles. The number of esters is 1. The second kappa shape index (κ2) is 5.41. The lowest BCUT2D eigenvalue weighted by molar-refractivity contribution is 0.0594. The second-order valence-electron chi connectivity index (χ2n) is 2.56. The van der Waals surface area contributed by atoms with Gasteiger partial charge in [-0.1, -0.05) is 11.8 Å². The molecule has 74 valence electrons. The van der Waals surface area contributed by atoms with E-state index in [-0.39, 0.29) is 12.1 Å². The lowest BCUT2D eigenvalue weighted by atomic mass is 10.2. The third-order valence-corrected chi connectivity index (χ3v) is 1.56. The number of nitriles is 1. The van der Waals surface area contributed by atoms with Gasteiger partial charge in [0, 0.05) is 11.8 Å². The largest absolute Gasteiger partial charge is 0.464 e. The summed E-state index contributed by atoms with van der Waals surface area (Å²) < 4.78 is 4.49. The van der Waals surface area contributed by atoms with Crippen LogP contribution in [0.1, 0.15) is 22.5 Å². The fourth-order valence-corrected chi connectivity index (χ4v) is 0.879. The molecule has 1 aromatic heterocycles. The van der Waals surface area contributed by atoms with Crippen LogP contribution < -0.4 is 0 Å². The SMILES string of the molecule is COC(=O)c1ccc(C#CCC#N)cn1. The number of pyridine rings is 1. The molecule has 0 saturated heterocycles. The predicted octanol–water partition coefficient (Wildman–Crippen LogP) is 1.13. The quantitative estimate of drug-likeness (QED) is 0.503. The van der Waals surface area contributed by atoms with Gasteiger partial charge < -0.3 is 4.74 Å². The fourth-order valence-electron chi connectivity index (χ4n) is 0.879. The number of hydrogen-bond donors (Lipinski definition) is 0. The Hall–Kier alpha value is -2.33. The Kier molecular flexibility index (Phi) is 3.88. The van der Waals surface area contributed by atoms with Gasteiger partial charge in [0.15, 0.2) is 0 Å². The van der Waals surface area contributed by atoms with Gasteiger partial charge in [0.1, 0.15) is 5.69 Å². The highest BCUT2D eigenvalue weighted by Crippen LogP contribution is 2.00. The average Bonchev–Trinajstić information content (AvgIpc) is 2.29. The molecule has 4 heteroatoms. The summed E-state index contributed by atoms with van der Waals surface area (Å²) in [6.45, 7) is 0. The van der Waals surface area contributed by atoms with Crippen molar-refractivity contribution in [3.05, 3.63) is 29.6 Å². The number of nitrogens with zero attached hydrogens (tertiary/aromatic N) is 2. The number of rotatable bonds is 1. The van der Waals surface area contributed by atoms with Crippen LogP contribution in [0.2, 0.25) is 0 Å².